The van der Waals surface area contributed by atoms with E-state index in [-0.39, 0.29) is 29.9 Å². The second-order valence-corrected chi connectivity index (χ2v) is 7.62. The van der Waals surface area contributed by atoms with E-state index in [9.17, 15) is 9.59 Å². The van der Waals surface area contributed by atoms with Crippen LogP contribution in [0.3, 0.4) is 0 Å². The summed E-state index contributed by atoms with van der Waals surface area (Å²) in [6, 6.07) is 8.48. The molecule has 0 spiro atoms. The number of amides is 1. The highest BCUT2D eigenvalue weighted by molar-refractivity contribution is 6.01. The van der Waals surface area contributed by atoms with Crippen LogP contribution in [-0.4, -0.2) is 22.6 Å². The van der Waals surface area contributed by atoms with Gasteiger partial charge in [-0.1, -0.05) is 45.0 Å². The van der Waals surface area contributed by atoms with Crippen LogP contribution in [0.15, 0.2) is 33.5 Å². The van der Waals surface area contributed by atoms with Crippen LogP contribution in [0.1, 0.15) is 49.4 Å². The molecule has 29 heavy (non-hydrogen) atoms. The van der Waals surface area contributed by atoms with Gasteiger partial charge < -0.3 is 9.73 Å². The van der Waals surface area contributed by atoms with Crippen LogP contribution in [0.4, 0.5) is 5.88 Å². The first kappa shape index (κ1) is 20.8. The summed E-state index contributed by atoms with van der Waals surface area (Å²) in [7, 11) is 0. The SMILES string of the molecule is CCc1ccc(C(NCC(=O)Nc2oc(C)c3c(C)n[nH]c(=O)c23)C(C)C)cc1. The summed E-state index contributed by atoms with van der Waals surface area (Å²) in [5, 5.41) is 13.4. The molecule has 7 nitrogen and oxygen atoms in total. The fourth-order valence-corrected chi connectivity index (χ4v) is 3.60. The second-order valence-electron chi connectivity index (χ2n) is 7.62. The van der Waals surface area contributed by atoms with Crippen LogP contribution in [0, 0.1) is 19.8 Å². The summed E-state index contributed by atoms with van der Waals surface area (Å²) < 4.78 is 5.64. The Hall–Kier alpha value is -2.93. The Morgan fingerprint density at radius 1 is 1.17 bits per heavy atom. The predicted octanol–water partition coefficient (Wildman–Crippen LogP) is 3.62. The Morgan fingerprint density at radius 3 is 2.48 bits per heavy atom. The van der Waals surface area contributed by atoms with E-state index in [1.807, 2.05) is 0 Å². The molecule has 1 amide bonds. The molecule has 0 saturated heterocycles. The smallest absolute Gasteiger partial charge is 0.277 e. The zero-order chi connectivity index (χ0) is 21.1. The zero-order valence-electron chi connectivity index (χ0n) is 17.6. The first-order valence-electron chi connectivity index (χ1n) is 9.92. The van der Waals surface area contributed by atoms with Gasteiger partial charge in [0.2, 0.25) is 11.8 Å². The van der Waals surface area contributed by atoms with Crippen molar-refractivity contribution in [2.45, 2.75) is 47.1 Å². The number of aryl methyl sites for hydroxylation is 3. The lowest BCUT2D eigenvalue weighted by Crippen LogP contribution is -2.33. The fraction of sp³-hybridized carbons (Fsp3) is 0.409. The number of hydrogen-bond donors (Lipinski definition) is 3. The Bertz CT molecular complexity index is 1060. The van der Waals surface area contributed by atoms with Gasteiger partial charge in [0.1, 0.15) is 11.1 Å². The number of carbonyl (C=O) groups is 1. The number of rotatable bonds is 7. The number of fused-ring (bicyclic) bond motifs is 1. The molecule has 3 aromatic rings. The number of aromatic nitrogens is 2. The molecule has 1 aromatic carbocycles. The standard InChI is InChI=1S/C22H28N4O3/c1-6-15-7-9-16(10-8-15)20(12(2)3)23-11-17(27)24-22-19-18(14(5)29-22)13(4)25-26-21(19)28/h7-10,12,20,23H,6,11H2,1-5H3,(H,24,27)(H,26,28). The van der Waals surface area contributed by atoms with E-state index in [0.717, 1.165) is 12.0 Å². The van der Waals surface area contributed by atoms with E-state index < -0.39 is 0 Å². The summed E-state index contributed by atoms with van der Waals surface area (Å²) in [6.45, 7) is 9.98. The van der Waals surface area contributed by atoms with E-state index in [4.69, 9.17) is 4.42 Å². The Labute approximate surface area is 169 Å². The summed E-state index contributed by atoms with van der Waals surface area (Å²) in [5.41, 5.74) is 2.68. The zero-order valence-corrected chi connectivity index (χ0v) is 17.6. The molecule has 1 atom stereocenters. The van der Waals surface area contributed by atoms with Crippen molar-refractivity contribution in [3.05, 3.63) is 57.2 Å². The molecule has 3 N–H and O–H groups in total. The number of nitrogens with one attached hydrogen (secondary N) is 3. The van der Waals surface area contributed by atoms with Crippen LogP contribution in [0.25, 0.3) is 10.8 Å². The number of anilines is 1. The molecule has 0 radical (unpaired) electrons. The highest BCUT2D eigenvalue weighted by Gasteiger charge is 2.20. The maximum absolute atomic E-state index is 12.6. The van der Waals surface area contributed by atoms with Crippen LogP contribution in [0.2, 0.25) is 0 Å². The first-order valence-corrected chi connectivity index (χ1v) is 9.92. The van der Waals surface area contributed by atoms with Crippen molar-refractivity contribution in [3.63, 3.8) is 0 Å². The number of aromatic amines is 1. The molecule has 3 rings (SSSR count). The van der Waals surface area contributed by atoms with Crippen LogP contribution >= 0.6 is 0 Å². The topological polar surface area (TPSA) is 100 Å². The normalized spacial score (nSPS) is 12.5. The van der Waals surface area contributed by atoms with Gasteiger partial charge in [0.15, 0.2) is 0 Å². The molecule has 0 fully saturated rings. The van der Waals surface area contributed by atoms with Crippen molar-refractivity contribution in [1.82, 2.24) is 15.5 Å². The molecular weight excluding hydrogens is 368 g/mol. The maximum Gasteiger partial charge on any atom is 0.277 e. The largest absolute Gasteiger partial charge is 0.444 e. The number of carbonyl (C=O) groups excluding carboxylic acids is 1. The van der Waals surface area contributed by atoms with Gasteiger partial charge in [-0.3, -0.25) is 14.9 Å². The van der Waals surface area contributed by atoms with E-state index >= 15 is 0 Å². The predicted molar refractivity (Wildman–Crippen MR) is 114 cm³/mol. The number of nitrogens with zero attached hydrogens (tertiary/aromatic N) is 1. The van der Waals surface area contributed by atoms with E-state index in [1.54, 1.807) is 13.8 Å². The monoisotopic (exact) mass is 396 g/mol. The lowest BCUT2D eigenvalue weighted by Gasteiger charge is -2.23. The molecule has 0 aliphatic carbocycles. The molecule has 154 valence electrons. The third kappa shape index (κ3) is 4.40. The molecule has 0 aliphatic rings. The quantitative estimate of drug-likeness (QED) is 0.566. The van der Waals surface area contributed by atoms with Gasteiger partial charge in [0.05, 0.1) is 17.6 Å². The Balaban J connectivity index is 1.74. The fourth-order valence-electron chi connectivity index (χ4n) is 3.60. The van der Waals surface area contributed by atoms with Crippen LogP contribution in [0.5, 0.6) is 0 Å². The minimum atomic E-state index is -0.387. The molecule has 2 aromatic heterocycles. The summed E-state index contributed by atoms with van der Waals surface area (Å²) in [6.07, 6.45) is 0.993. The average Bonchev–Trinajstić information content (AvgIpc) is 3.02. The number of H-pyrrole nitrogens is 1. The number of benzene rings is 1. The number of furan rings is 1. The molecule has 2 heterocycles. The van der Waals surface area contributed by atoms with Crippen molar-refractivity contribution in [2.24, 2.45) is 5.92 Å². The molecule has 0 saturated carbocycles. The van der Waals surface area contributed by atoms with Gasteiger partial charge in [-0.2, -0.15) is 5.10 Å². The van der Waals surface area contributed by atoms with Crippen molar-refractivity contribution in [2.75, 3.05) is 11.9 Å². The van der Waals surface area contributed by atoms with Crippen LogP contribution in [-0.2, 0) is 11.2 Å². The summed E-state index contributed by atoms with van der Waals surface area (Å²) in [5.74, 6) is 0.740. The Kier molecular flexibility index (Phi) is 6.17. The molecular formula is C22H28N4O3. The van der Waals surface area contributed by atoms with Gasteiger partial charge in [0, 0.05) is 6.04 Å². The third-order valence-corrected chi connectivity index (χ3v) is 5.15. The van der Waals surface area contributed by atoms with Crippen molar-refractivity contribution in [3.8, 4) is 0 Å². The lowest BCUT2D eigenvalue weighted by atomic mass is 9.95. The number of hydrogen-bond acceptors (Lipinski definition) is 5. The Morgan fingerprint density at radius 2 is 1.86 bits per heavy atom. The minimum absolute atomic E-state index is 0.0385. The summed E-state index contributed by atoms with van der Waals surface area (Å²) >= 11 is 0. The molecule has 7 heteroatoms. The highest BCUT2D eigenvalue weighted by atomic mass is 16.4. The third-order valence-electron chi connectivity index (χ3n) is 5.15. The van der Waals surface area contributed by atoms with E-state index in [2.05, 4.69) is 65.9 Å². The van der Waals surface area contributed by atoms with E-state index in [0.29, 0.717) is 28.1 Å². The van der Waals surface area contributed by atoms with Gasteiger partial charge >= 0.3 is 0 Å². The van der Waals surface area contributed by atoms with Crippen molar-refractivity contribution < 1.29 is 9.21 Å². The van der Waals surface area contributed by atoms with Crippen LogP contribution < -0.4 is 16.2 Å². The second kappa shape index (κ2) is 8.61. The molecule has 1 unspecified atom stereocenters. The lowest BCUT2D eigenvalue weighted by molar-refractivity contribution is -0.115. The molecule has 0 bridgehead atoms. The van der Waals surface area contributed by atoms with Gasteiger partial charge in [-0.15, -0.1) is 0 Å². The first-order chi connectivity index (χ1) is 13.8. The van der Waals surface area contributed by atoms with E-state index in [1.165, 1.54) is 5.56 Å². The summed E-state index contributed by atoms with van der Waals surface area (Å²) in [4.78, 5) is 24.8. The van der Waals surface area contributed by atoms with Gasteiger partial charge in [-0.25, -0.2) is 5.10 Å². The van der Waals surface area contributed by atoms with Gasteiger partial charge in [0.25, 0.3) is 5.56 Å². The van der Waals surface area contributed by atoms with Crippen molar-refractivity contribution in [1.29, 1.82) is 0 Å². The minimum Gasteiger partial charge on any atom is -0.444 e. The average molecular weight is 396 g/mol. The highest BCUT2D eigenvalue weighted by Crippen LogP contribution is 2.28. The van der Waals surface area contributed by atoms with Crippen molar-refractivity contribution >= 4 is 22.6 Å². The maximum atomic E-state index is 12.6. The van der Waals surface area contributed by atoms with Gasteiger partial charge in [-0.05, 0) is 37.3 Å². The molecule has 0 aliphatic heterocycles.